The minimum Gasteiger partial charge on any atom is -0.349 e. The van der Waals surface area contributed by atoms with Gasteiger partial charge in [-0.3, -0.25) is 9.89 Å². The maximum atomic E-state index is 12.3. The first kappa shape index (κ1) is 12.9. The molecule has 2 aromatic rings. The fourth-order valence-corrected chi connectivity index (χ4v) is 2.64. The molecule has 1 aromatic heterocycles. The van der Waals surface area contributed by atoms with E-state index in [9.17, 15) is 4.79 Å². The van der Waals surface area contributed by atoms with E-state index in [-0.39, 0.29) is 11.9 Å². The van der Waals surface area contributed by atoms with Crippen molar-refractivity contribution in [2.45, 2.75) is 31.8 Å². The number of nitrogens with two attached hydrogens (primary N) is 1. The Morgan fingerprint density at radius 1 is 1.50 bits per heavy atom. The second-order valence-corrected chi connectivity index (χ2v) is 5.19. The normalized spacial score (nSPS) is 17.6. The molecule has 1 heterocycles. The summed E-state index contributed by atoms with van der Waals surface area (Å²) in [4.78, 5) is 12.3. The van der Waals surface area contributed by atoms with Gasteiger partial charge in [0, 0.05) is 30.3 Å². The number of benzene rings is 1. The Hall–Kier alpha value is -2.14. The molecule has 3 rings (SSSR count). The highest BCUT2D eigenvalue weighted by molar-refractivity contribution is 5.94. The molecule has 1 amide bonds. The van der Waals surface area contributed by atoms with Crippen molar-refractivity contribution in [3.8, 4) is 0 Å². The van der Waals surface area contributed by atoms with Crippen molar-refractivity contribution >= 4 is 5.91 Å². The van der Waals surface area contributed by atoms with Gasteiger partial charge in [0.1, 0.15) is 0 Å². The van der Waals surface area contributed by atoms with Gasteiger partial charge in [0.15, 0.2) is 0 Å². The van der Waals surface area contributed by atoms with Crippen molar-refractivity contribution < 1.29 is 4.79 Å². The largest absolute Gasteiger partial charge is 0.349 e. The number of hydrogen-bond acceptors (Lipinski definition) is 3. The third-order valence-corrected chi connectivity index (χ3v) is 3.78. The summed E-state index contributed by atoms with van der Waals surface area (Å²) in [6.45, 7) is 0.446. The Morgan fingerprint density at radius 2 is 2.40 bits per heavy atom. The van der Waals surface area contributed by atoms with Gasteiger partial charge in [-0.15, -0.1) is 0 Å². The monoisotopic (exact) mass is 270 g/mol. The molecule has 1 aliphatic carbocycles. The van der Waals surface area contributed by atoms with Gasteiger partial charge in [0.25, 0.3) is 5.91 Å². The lowest BCUT2D eigenvalue weighted by Crippen LogP contribution is -2.38. The summed E-state index contributed by atoms with van der Waals surface area (Å²) >= 11 is 0. The van der Waals surface area contributed by atoms with Crippen LogP contribution in [0.5, 0.6) is 0 Å². The van der Waals surface area contributed by atoms with E-state index in [1.165, 1.54) is 5.56 Å². The molecule has 1 aliphatic rings. The van der Waals surface area contributed by atoms with E-state index in [0.29, 0.717) is 12.1 Å². The minimum atomic E-state index is -0.0340. The molecule has 104 valence electrons. The average molecular weight is 270 g/mol. The standard InChI is InChI=1S/C15H18N4O/c16-8-10-2-1-3-11(6-10)15(20)18-13-5-4-12-9-17-19-14(12)7-13/h1-3,6,9,13H,4-5,7-8,16H2,(H,17,19)(H,18,20)/t13-/m1/s1. The van der Waals surface area contributed by atoms with Gasteiger partial charge < -0.3 is 11.1 Å². The fourth-order valence-electron chi connectivity index (χ4n) is 2.64. The van der Waals surface area contributed by atoms with E-state index in [1.807, 2.05) is 30.5 Å². The van der Waals surface area contributed by atoms with Gasteiger partial charge in [-0.05, 0) is 36.1 Å². The summed E-state index contributed by atoms with van der Waals surface area (Å²) in [7, 11) is 0. The van der Waals surface area contributed by atoms with Crippen LogP contribution in [-0.4, -0.2) is 22.1 Å². The molecule has 0 saturated carbocycles. The molecule has 0 bridgehead atoms. The van der Waals surface area contributed by atoms with Crippen molar-refractivity contribution in [3.63, 3.8) is 0 Å². The molecule has 0 unspecified atom stereocenters. The summed E-state index contributed by atoms with van der Waals surface area (Å²) in [6.07, 6.45) is 4.60. The number of aromatic nitrogens is 2. The zero-order valence-corrected chi connectivity index (χ0v) is 11.2. The number of H-pyrrole nitrogens is 1. The minimum absolute atomic E-state index is 0.0340. The summed E-state index contributed by atoms with van der Waals surface area (Å²) < 4.78 is 0. The lowest BCUT2D eigenvalue weighted by Gasteiger charge is -2.22. The number of rotatable bonds is 3. The number of carbonyl (C=O) groups excluding carboxylic acids is 1. The van der Waals surface area contributed by atoms with Crippen molar-refractivity contribution in [2.24, 2.45) is 5.73 Å². The van der Waals surface area contributed by atoms with Crippen LogP contribution in [0.3, 0.4) is 0 Å². The third kappa shape index (κ3) is 2.58. The number of amides is 1. The fraction of sp³-hybridized carbons (Fsp3) is 0.333. The SMILES string of the molecule is NCc1cccc(C(=O)N[C@@H]2CCc3cn[nH]c3C2)c1. The second-order valence-electron chi connectivity index (χ2n) is 5.19. The number of nitrogens with zero attached hydrogens (tertiary/aromatic N) is 1. The van der Waals surface area contributed by atoms with Gasteiger partial charge in [0.05, 0.1) is 6.20 Å². The average Bonchev–Trinajstić information content (AvgIpc) is 2.95. The molecule has 1 atom stereocenters. The van der Waals surface area contributed by atoms with Crippen LogP contribution in [0.2, 0.25) is 0 Å². The molecular formula is C15H18N4O. The number of hydrogen-bond donors (Lipinski definition) is 3. The van der Waals surface area contributed by atoms with Crippen molar-refractivity contribution in [2.75, 3.05) is 0 Å². The van der Waals surface area contributed by atoms with Gasteiger partial charge in [-0.2, -0.15) is 5.10 Å². The third-order valence-electron chi connectivity index (χ3n) is 3.78. The topological polar surface area (TPSA) is 83.8 Å². The van der Waals surface area contributed by atoms with Gasteiger partial charge >= 0.3 is 0 Å². The van der Waals surface area contributed by atoms with Gasteiger partial charge in [0.2, 0.25) is 0 Å². The maximum absolute atomic E-state index is 12.3. The molecule has 0 spiro atoms. The molecule has 5 nitrogen and oxygen atoms in total. The first-order valence-electron chi connectivity index (χ1n) is 6.87. The van der Waals surface area contributed by atoms with Crippen LogP contribution in [0.25, 0.3) is 0 Å². The zero-order chi connectivity index (χ0) is 13.9. The Labute approximate surface area is 117 Å². The van der Waals surface area contributed by atoms with Crippen LogP contribution in [0.4, 0.5) is 0 Å². The molecule has 4 N–H and O–H groups in total. The molecule has 0 aliphatic heterocycles. The van der Waals surface area contributed by atoms with E-state index in [4.69, 9.17) is 5.73 Å². The van der Waals surface area contributed by atoms with E-state index < -0.39 is 0 Å². The summed E-state index contributed by atoms with van der Waals surface area (Å²) in [5, 5.41) is 10.1. The molecule has 0 radical (unpaired) electrons. The van der Waals surface area contributed by atoms with Crippen LogP contribution in [-0.2, 0) is 19.4 Å². The summed E-state index contributed by atoms with van der Waals surface area (Å²) in [6, 6.07) is 7.62. The smallest absolute Gasteiger partial charge is 0.251 e. The van der Waals surface area contributed by atoms with Crippen molar-refractivity contribution in [1.29, 1.82) is 0 Å². The predicted molar refractivity (Wildman–Crippen MR) is 76.2 cm³/mol. The van der Waals surface area contributed by atoms with E-state index in [0.717, 1.165) is 30.5 Å². The summed E-state index contributed by atoms with van der Waals surface area (Å²) in [5.41, 5.74) is 9.64. The predicted octanol–water partition coefficient (Wildman–Crippen LogP) is 1.16. The molecule has 20 heavy (non-hydrogen) atoms. The first-order chi connectivity index (χ1) is 9.76. The number of carbonyl (C=O) groups is 1. The Balaban J connectivity index is 1.67. The Bertz CT molecular complexity index is 620. The van der Waals surface area contributed by atoms with E-state index in [2.05, 4.69) is 15.5 Å². The highest BCUT2D eigenvalue weighted by Gasteiger charge is 2.21. The van der Waals surface area contributed by atoms with Crippen LogP contribution < -0.4 is 11.1 Å². The molecular weight excluding hydrogens is 252 g/mol. The first-order valence-corrected chi connectivity index (χ1v) is 6.87. The molecule has 0 saturated heterocycles. The second kappa shape index (κ2) is 5.46. The summed E-state index contributed by atoms with van der Waals surface area (Å²) in [5.74, 6) is -0.0340. The Kier molecular flexibility index (Phi) is 3.52. The zero-order valence-electron chi connectivity index (χ0n) is 11.2. The maximum Gasteiger partial charge on any atom is 0.251 e. The molecule has 1 aromatic carbocycles. The number of aromatic amines is 1. The number of nitrogens with one attached hydrogen (secondary N) is 2. The van der Waals surface area contributed by atoms with E-state index in [1.54, 1.807) is 0 Å². The highest BCUT2D eigenvalue weighted by Crippen LogP contribution is 2.19. The quantitative estimate of drug-likeness (QED) is 0.782. The van der Waals surface area contributed by atoms with Crippen LogP contribution in [0, 0.1) is 0 Å². The van der Waals surface area contributed by atoms with Crippen LogP contribution in [0.15, 0.2) is 30.5 Å². The Morgan fingerprint density at radius 3 is 3.25 bits per heavy atom. The van der Waals surface area contributed by atoms with Crippen LogP contribution in [0.1, 0.15) is 33.6 Å². The highest BCUT2D eigenvalue weighted by atomic mass is 16.1. The van der Waals surface area contributed by atoms with Gasteiger partial charge in [-0.1, -0.05) is 12.1 Å². The van der Waals surface area contributed by atoms with E-state index >= 15 is 0 Å². The number of aryl methyl sites for hydroxylation is 1. The lowest BCUT2D eigenvalue weighted by molar-refractivity contribution is 0.0933. The molecule has 0 fully saturated rings. The van der Waals surface area contributed by atoms with Crippen LogP contribution >= 0.6 is 0 Å². The van der Waals surface area contributed by atoms with Crippen molar-refractivity contribution in [1.82, 2.24) is 15.5 Å². The number of fused-ring (bicyclic) bond motifs is 1. The van der Waals surface area contributed by atoms with Gasteiger partial charge in [-0.25, -0.2) is 0 Å². The molecule has 5 heteroatoms. The lowest BCUT2D eigenvalue weighted by atomic mass is 9.93. The van der Waals surface area contributed by atoms with Crippen molar-refractivity contribution in [3.05, 3.63) is 52.8 Å².